The molecule has 0 aliphatic heterocycles. The fourth-order valence-electron chi connectivity index (χ4n) is 2.90. The third-order valence-corrected chi connectivity index (χ3v) is 5.33. The predicted molar refractivity (Wildman–Crippen MR) is 131 cm³/mol. The fraction of sp³-hybridized carbons (Fsp3) is 0.174. The Balaban J connectivity index is 1.53. The van der Waals surface area contributed by atoms with Gasteiger partial charge in [0.15, 0.2) is 6.61 Å². The zero-order valence-corrected chi connectivity index (χ0v) is 20.1. The fourth-order valence-corrected chi connectivity index (χ4v) is 3.38. The van der Waals surface area contributed by atoms with E-state index in [2.05, 4.69) is 15.8 Å². The number of hydrogen-bond donors (Lipinski definition) is 2. The molecule has 12 heteroatoms. The van der Waals surface area contributed by atoms with Gasteiger partial charge in [-0.25, -0.2) is 5.43 Å². The van der Waals surface area contributed by atoms with E-state index >= 15 is 0 Å². The van der Waals surface area contributed by atoms with E-state index in [1.807, 2.05) is 19.1 Å². The lowest BCUT2D eigenvalue weighted by Gasteiger charge is -2.13. The average Bonchev–Trinajstić information content (AvgIpc) is 3.28. The highest BCUT2D eigenvalue weighted by molar-refractivity contribution is 6.36. The molecule has 1 atom stereocenters. The van der Waals surface area contributed by atoms with Crippen LogP contribution >= 0.6 is 23.2 Å². The normalized spacial score (nSPS) is 11.8. The second-order valence-electron chi connectivity index (χ2n) is 7.32. The maximum atomic E-state index is 12.2. The molecule has 2 N–H and O–H groups in total. The lowest BCUT2D eigenvalue weighted by molar-refractivity contribution is -0.384. The Morgan fingerprint density at radius 3 is 2.66 bits per heavy atom. The predicted octanol–water partition coefficient (Wildman–Crippen LogP) is 4.50. The van der Waals surface area contributed by atoms with E-state index in [0.29, 0.717) is 17.1 Å². The Hall–Kier alpha value is -3.89. The van der Waals surface area contributed by atoms with Crippen LogP contribution in [-0.2, 0) is 9.59 Å². The maximum absolute atomic E-state index is 12.2. The van der Waals surface area contributed by atoms with Gasteiger partial charge in [0.25, 0.3) is 17.5 Å². The molecule has 182 valence electrons. The number of hydrazone groups is 1. The first-order valence-corrected chi connectivity index (χ1v) is 11.0. The summed E-state index contributed by atoms with van der Waals surface area (Å²) in [6.45, 7) is 3.12. The summed E-state index contributed by atoms with van der Waals surface area (Å²) in [5.74, 6) is 0.138. The number of para-hydroxylation sites is 1. The van der Waals surface area contributed by atoms with Crippen molar-refractivity contribution >= 4 is 46.9 Å². The van der Waals surface area contributed by atoms with Crippen LogP contribution in [-0.4, -0.2) is 35.6 Å². The first-order chi connectivity index (χ1) is 16.7. The van der Waals surface area contributed by atoms with Gasteiger partial charge in [-0.2, -0.15) is 5.10 Å². The van der Waals surface area contributed by atoms with Gasteiger partial charge in [-0.1, -0.05) is 41.4 Å². The lowest BCUT2D eigenvalue weighted by Crippen LogP contribution is -2.45. The first-order valence-electron chi connectivity index (χ1n) is 10.2. The van der Waals surface area contributed by atoms with Crippen molar-refractivity contribution < 1.29 is 23.7 Å². The van der Waals surface area contributed by atoms with Gasteiger partial charge in [0.05, 0.1) is 16.2 Å². The molecule has 1 heterocycles. The molecule has 1 unspecified atom stereocenters. The minimum Gasteiger partial charge on any atom is -0.484 e. The van der Waals surface area contributed by atoms with Crippen molar-refractivity contribution in [3.8, 4) is 17.1 Å². The van der Waals surface area contributed by atoms with Gasteiger partial charge in [0.1, 0.15) is 28.3 Å². The number of carbonyl (C=O) groups excluding carboxylic acids is 2. The summed E-state index contributed by atoms with van der Waals surface area (Å²) in [4.78, 5) is 34.6. The molecule has 3 aromatic rings. The second kappa shape index (κ2) is 11.5. The third kappa shape index (κ3) is 6.81. The van der Waals surface area contributed by atoms with Crippen LogP contribution < -0.4 is 15.5 Å². The monoisotopic (exact) mass is 518 g/mol. The van der Waals surface area contributed by atoms with Crippen LogP contribution in [0, 0.1) is 17.0 Å². The highest BCUT2D eigenvalue weighted by atomic mass is 35.5. The quantitative estimate of drug-likeness (QED) is 0.243. The summed E-state index contributed by atoms with van der Waals surface area (Å²) in [5, 5.41) is 17.3. The van der Waals surface area contributed by atoms with Crippen LogP contribution in [0.15, 0.2) is 58.0 Å². The molecule has 0 aliphatic rings. The molecule has 0 saturated heterocycles. The van der Waals surface area contributed by atoms with Gasteiger partial charge in [-0.05, 0) is 43.7 Å². The van der Waals surface area contributed by atoms with Crippen LogP contribution in [0.1, 0.15) is 18.2 Å². The van der Waals surface area contributed by atoms with Gasteiger partial charge >= 0.3 is 0 Å². The number of ether oxygens (including phenoxy) is 1. The molecule has 0 bridgehead atoms. The third-order valence-electron chi connectivity index (χ3n) is 4.72. The number of hydrogen-bond acceptors (Lipinski definition) is 7. The standard InChI is InChI=1S/C23H20Cl2N4O6/c1-13-5-3-4-6-20(13)34-12-22(30)27-14(2)23(31)28-26-11-15-7-8-21(35-15)16-9-18(25)19(29(32)33)10-17(16)24/h3-11,14H,12H2,1-2H3,(H,27,30)(H,28,31). The van der Waals surface area contributed by atoms with Crippen molar-refractivity contribution in [2.24, 2.45) is 5.10 Å². The highest BCUT2D eigenvalue weighted by Crippen LogP contribution is 2.37. The van der Waals surface area contributed by atoms with Crippen LogP contribution in [0.25, 0.3) is 11.3 Å². The summed E-state index contributed by atoms with van der Waals surface area (Å²) in [5.41, 5.74) is 3.23. The molecule has 0 fully saturated rings. The molecule has 2 amide bonds. The number of aryl methyl sites for hydroxylation is 1. The molecule has 2 aromatic carbocycles. The number of nitrogens with one attached hydrogen (secondary N) is 2. The van der Waals surface area contributed by atoms with E-state index in [0.717, 1.165) is 11.6 Å². The molecule has 0 aliphatic carbocycles. The topological polar surface area (TPSA) is 136 Å². The van der Waals surface area contributed by atoms with Crippen LogP contribution in [0.2, 0.25) is 10.0 Å². The Bertz CT molecular complexity index is 1290. The van der Waals surface area contributed by atoms with Crippen molar-refractivity contribution in [1.82, 2.24) is 10.7 Å². The smallest absolute Gasteiger partial charge is 0.289 e. The SMILES string of the molecule is Cc1ccccc1OCC(=O)NC(C)C(=O)NN=Cc1ccc(-c2cc(Cl)c([N+](=O)[O-])cc2Cl)o1. The molecule has 1 aromatic heterocycles. The summed E-state index contributed by atoms with van der Waals surface area (Å²) in [7, 11) is 0. The van der Waals surface area contributed by atoms with Crippen LogP contribution in [0.5, 0.6) is 5.75 Å². The average molecular weight is 519 g/mol. The number of nitrogens with zero attached hydrogens (tertiary/aromatic N) is 2. The molecular formula is C23H20Cl2N4O6. The minimum absolute atomic E-state index is 0.0863. The number of amides is 2. The Morgan fingerprint density at radius 1 is 1.20 bits per heavy atom. The van der Waals surface area contributed by atoms with E-state index in [-0.39, 0.29) is 28.1 Å². The van der Waals surface area contributed by atoms with E-state index < -0.39 is 22.8 Å². The summed E-state index contributed by atoms with van der Waals surface area (Å²) in [6, 6.07) is 12.0. The molecule has 0 spiro atoms. The number of carbonyl (C=O) groups is 2. The number of halogens is 2. The number of furan rings is 1. The second-order valence-corrected chi connectivity index (χ2v) is 8.13. The number of nitro groups is 1. The number of rotatable bonds is 9. The Kier molecular flexibility index (Phi) is 8.45. The van der Waals surface area contributed by atoms with Crippen LogP contribution in [0.4, 0.5) is 5.69 Å². The zero-order chi connectivity index (χ0) is 25.5. The highest BCUT2D eigenvalue weighted by Gasteiger charge is 2.19. The van der Waals surface area contributed by atoms with Gasteiger partial charge < -0.3 is 14.5 Å². The van der Waals surface area contributed by atoms with E-state index in [4.69, 9.17) is 32.4 Å². The Morgan fingerprint density at radius 2 is 1.94 bits per heavy atom. The van der Waals surface area contributed by atoms with Gasteiger partial charge in [-0.3, -0.25) is 19.7 Å². The van der Waals surface area contributed by atoms with E-state index in [1.165, 1.54) is 19.2 Å². The Labute approximate surface area is 210 Å². The van der Waals surface area contributed by atoms with Crippen molar-refractivity contribution in [3.63, 3.8) is 0 Å². The molecule has 0 radical (unpaired) electrons. The van der Waals surface area contributed by atoms with Crippen molar-refractivity contribution in [2.75, 3.05) is 6.61 Å². The van der Waals surface area contributed by atoms with Crippen LogP contribution in [0.3, 0.4) is 0 Å². The number of benzene rings is 2. The molecule has 35 heavy (non-hydrogen) atoms. The summed E-state index contributed by atoms with van der Waals surface area (Å²) < 4.78 is 11.1. The minimum atomic E-state index is -0.867. The lowest BCUT2D eigenvalue weighted by atomic mass is 10.1. The first kappa shape index (κ1) is 25.7. The molecular weight excluding hydrogens is 499 g/mol. The zero-order valence-electron chi connectivity index (χ0n) is 18.6. The summed E-state index contributed by atoms with van der Waals surface area (Å²) >= 11 is 12.1. The van der Waals surface area contributed by atoms with Crippen molar-refractivity contribution in [3.05, 3.63) is 80.0 Å². The van der Waals surface area contributed by atoms with E-state index in [9.17, 15) is 19.7 Å². The molecule has 10 nitrogen and oxygen atoms in total. The number of nitro benzene ring substituents is 1. The maximum Gasteiger partial charge on any atom is 0.289 e. The molecule has 0 saturated carbocycles. The van der Waals surface area contributed by atoms with Gasteiger partial charge in [-0.15, -0.1) is 0 Å². The van der Waals surface area contributed by atoms with Crippen molar-refractivity contribution in [2.45, 2.75) is 19.9 Å². The van der Waals surface area contributed by atoms with E-state index in [1.54, 1.807) is 24.3 Å². The van der Waals surface area contributed by atoms with Gasteiger partial charge in [0, 0.05) is 11.6 Å². The van der Waals surface area contributed by atoms with Gasteiger partial charge in [0.2, 0.25) is 0 Å². The summed E-state index contributed by atoms with van der Waals surface area (Å²) in [6.07, 6.45) is 1.25. The van der Waals surface area contributed by atoms with Crippen molar-refractivity contribution in [1.29, 1.82) is 0 Å². The molecule has 3 rings (SSSR count). The largest absolute Gasteiger partial charge is 0.484 e.